The Bertz CT molecular complexity index is 1220. The molecule has 0 spiro atoms. The van der Waals surface area contributed by atoms with Gasteiger partial charge in [0.05, 0.1) is 12.3 Å². The fourth-order valence-electron chi connectivity index (χ4n) is 4.42. The molecule has 1 aliphatic heterocycles. The second-order valence-corrected chi connectivity index (χ2v) is 10.3. The maximum atomic E-state index is 15.0. The monoisotopic (exact) mass is 499 g/mol. The number of aliphatic hydroxyl groups is 1. The van der Waals surface area contributed by atoms with E-state index in [0.717, 1.165) is 49.3 Å². The van der Waals surface area contributed by atoms with Gasteiger partial charge in [0, 0.05) is 62.7 Å². The number of pyridine rings is 1. The van der Waals surface area contributed by atoms with E-state index in [1.165, 1.54) is 6.07 Å². The molecule has 0 saturated carbocycles. The van der Waals surface area contributed by atoms with Gasteiger partial charge in [0.25, 0.3) is 0 Å². The first-order valence-electron chi connectivity index (χ1n) is 12.3. The minimum Gasteiger partial charge on any atom is -0.489 e. The van der Waals surface area contributed by atoms with Crippen LogP contribution in [-0.2, 0) is 13.5 Å². The molecule has 194 valence electrons. The normalized spacial score (nSPS) is 15.3. The number of benzene rings is 1. The number of aryl methyl sites for hydroxylation is 1. The molecule has 1 atom stereocenters. The van der Waals surface area contributed by atoms with E-state index in [0.29, 0.717) is 23.2 Å². The van der Waals surface area contributed by atoms with Crippen LogP contribution in [0.25, 0.3) is 11.1 Å². The number of hydrogen-bond acceptors (Lipinski definition) is 6. The summed E-state index contributed by atoms with van der Waals surface area (Å²) in [5.74, 6) is -1.33. The summed E-state index contributed by atoms with van der Waals surface area (Å²) in [4.78, 5) is 6.63. The molecule has 1 aliphatic rings. The lowest BCUT2D eigenvalue weighted by molar-refractivity contribution is 0.0575. The zero-order valence-electron chi connectivity index (χ0n) is 21.6. The number of anilines is 1. The van der Waals surface area contributed by atoms with Crippen LogP contribution >= 0.6 is 0 Å². The minimum absolute atomic E-state index is 0.0967. The summed E-state index contributed by atoms with van der Waals surface area (Å²) in [5, 5.41) is 18.7. The van der Waals surface area contributed by atoms with Gasteiger partial charge in [-0.2, -0.15) is 9.49 Å². The van der Waals surface area contributed by atoms with Gasteiger partial charge in [0.1, 0.15) is 11.9 Å². The lowest BCUT2D eigenvalue weighted by Crippen LogP contribution is -2.43. The Balaban J connectivity index is 1.60. The Morgan fingerprint density at radius 3 is 2.58 bits per heavy atom. The third-order valence-electron chi connectivity index (χ3n) is 6.71. The highest BCUT2D eigenvalue weighted by atomic mass is 19.2. The van der Waals surface area contributed by atoms with Crippen molar-refractivity contribution in [2.45, 2.75) is 40.2 Å². The first-order chi connectivity index (χ1) is 17.1. The van der Waals surface area contributed by atoms with E-state index in [9.17, 15) is 13.9 Å². The molecule has 7 nitrogen and oxygen atoms in total. The highest BCUT2D eigenvalue weighted by Gasteiger charge is 2.30. The number of hydrogen-bond donors (Lipinski definition) is 2. The van der Waals surface area contributed by atoms with Crippen LogP contribution in [-0.4, -0.2) is 52.7 Å². The molecular weight excluding hydrogens is 464 g/mol. The summed E-state index contributed by atoms with van der Waals surface area (Å²) in [6, 6.07) is 6.31. The van der Waals surface area contributed by atoms with Crippen molar-refractivity contribution in [3.8, 4) is 16.9 Å². The molecule has 2 N–H and O–H groups in total. The first-order valence-corrected chi connectivity index (χ1v) is 12.3. The fraction of sp³-hybridized carbons (Fsp3) is 0.481. The standard InChI is InChI=1S/C27H35F2N5O2/c1-17-19(24(32-33(17)5)26(35)27(2,3)4)9-15-36-25-20(6-7-21(28)23(25)29)18-8-10-31-22(16-18)34-13-11-30-12-14-34/h6-8,10,16,26,30,35H,9,11-15H2,1-5H3. The molecule has 1 saturated heterocycles. The van der Waals surface area contributed by atoms with E-state index >= 15 is 0 Å². The number of nitrogens with zero attached hydrogens (tertiary/aromatic N) is 4. The number of piperazine rings is 1. The van der Waals surface area contributed by atoms with Gasteiger partial charge >= 0.3 is 0 Å². The van der Waals surface area contributed by atoms with Gasteiger partial charge in [-0.05, 0) is 42.2 Å². The maximum Gasteiger partial charge on any atom is 0.201 e. The quantitative estimate of drug-likeness (QED) is 0.508. The zero-order valence-corrected chi connectivity index (χ0v) is 21.6. The van der Waals surface area contributed by atoms with E-state index < -0.39 is 23.2 Å². The average molecular weight is 500 g/mol. The minimum atomic E-state index is -1.02. The molecule has 0 aliphatic carbocycles. The molecule has 9 heteroatoms. The predicted octanol–water partition coefficient (Wildman–Crippen LogP) is 4.18. The van der Waals surface area contributed by atoms with Crippen LogP contribution in [0.5, 0.6) is 5.75 Å². The van der Waals surface area contributed by atoms with Crippen molar-refractivity contribution in [1.29, 1.82) is 0 Å². The molecule has 1 unspecified atom stereocenters. The first kappa shape index (κ1) is 26.0. The third-order valence-corrected chi connectivity index (χ3v) is 6.71. The van der Waals surface area contributed by atoms with Crippen LogP contribution in [0.2, 0.25) is 0 Å². The van der Waals surface area contributed by atoms with Crippen molar-refractivity contribution < 1.29 is 18.6 Å². The number of halogens is 2. The van der Waals surface area contributed by atoms with Gasteiger partial charge in [-0.1, -0.05) is 20.8 Å². The van der Waals surface area contributed by atoms with Crippen molar-refractivity contribution in [2.75, 3.05) is 37.7 Å². The molecule has 4 rings (SSSR count). The van der Waals surface area contributed by atoms with Gasteiger partial charge in [-0.3, -0.25) is 4.68 Å². The Hall–Kier alpha value is -3.04. The predicted molar refractivity (Wildman–Crippen MR) is 136 cm³/mol. The highest BCUT2D eigenvalue weighted by molar-refractivity contribution is 5.73. The van der Waals surface area contributed by atoms with E-state index in [2.05, 4.69) is 20.3 Å². The Kier molecular flexibility index (Phi) is 7.61. The Morgan fingerprint density at radius 2 is 1.89 bits per heavy atom. The van der Waals surface area contributed by atoms with Crippen LogP contribution in [0, 0.1) is 24.0 Å². The van der Waals surface area contributed by atoms with E-state index in [4.69, 9.17) is 4.74 Å². The summed E-state index contributed by atoms with van der Waals surface area (Å²) >= 11 is 0. The lowest BCUT2D eigenvalue weighted by atomic mass is 9.85. The second-order valence-electron chi connectivity index (χ2n) is 10.3. The third kappa shape index (κ3) is 5.37. The largest absolute Gasteiger partial charge is 0.489 e. The molecule has 0 amide bonds. The molecule has 3 heterocycles. The van der Waals surface area contributed by atoms with Gasteiger partial charge in [-0.15, -0.1) is 0 Å². The van der Waals surface area contributed by atoms with E-state index in [1.54, 1.807) is 16.9 Å². The van der Waals surface area contributed by atoms with Crippen LogP contribution in [0.1, 0.15) is 43.8 Å². The molecule has 0 radical (unpaired) electrons. The second kappa shape index (κ2) is 10.5. The number of ether oxygens (including phenoxy) is 1. The number of nitrogens with one attached hydrogen (secondary N) is 1. The molecule has 2 aromatic heterocycles. The number of rotatable bonds is 7. The average Bonchev–Trinajstić information content (AvgIpc) is 3.14. The summed E-state index contributed by atoms with van der Waals surface area (Å²) in [7, 11) is 1.82. The van der Waals surface area contributed by atoms with Crippen molar-refractivity contribution in [3.63, 3.8) is 0 Å². The Labute approximate surface area is 211 Å². The number of aliphatic hydroxyl groups excluding tert-OH is 1. The van der Waals surface area contributed by atoms with Gasteiger partial charge in [-0.25, -0.2) is 9.37 Å². The highest BCUT2D eigenvalue weighted by Crippen LogP contribution is 2.37. The molecule has 1 fully saturated rings. The smallest absolute Gasteiger partial charge is 0.201 e. The Morgan fingerprint density at radius 1 is 1.17 bits per heavy atom. The zero-order chi connectivity index (χ0) is 26.0. The van der Waals surface area contributed by atoms with Crippen LogP contribution in [0.15, 0.2) is 30.5 Å². The molecule has 36 heavy (non-hydrogen) atoms. The SMILES string of the molecule is Cc1c(CCOc2c(-c3ccnc(N4CCNCC4)c3)ccc(F)c2F)c(C(O)C(C)(C)C)nn1C. The fourth-order valence-corrected chi connectivity index (χ4v) is 4.42. The van der Waals surface area contributed by atoms with Crippen LogP contribution < -0.4 is 15.0 Å². The summed E-state index contributed by atoms with van der Waals surface area (Å²) in [6.45, 7) is 11.2. The number of aromatic nitrogens is 3. The van der Waals surface area contributed by atoms with E-state index in [-0.39, 0.29) is 12.4 Å². The maximum absolute atomic E-state index is 15.0. The van der Waals surface area contributed by atoms with Gasteiger partial charge in [0.15, 0.2) is 11.6 Å². The van der Waals surface area contributed by atoms with Crippen LogP contribution in [0.4, 0.5) is 14.6 Å². The molecule has 3 aromatic rings. The summed E-state index contributed by atoms with van der Waals surface area (Å²) in [5.41, 5.74) is 3.09. The topological polar surface area (TPSA) is 75.4 Å². The van der Waals surface area contributed by atoms with Crippen molar-refractivity contribution in [3.05, 3.63) is 59.0 Å². The van der Waals surface area contributed by atoms with Gasteiger partial charge in [0.2, 0.25) is 5.82 Å². The molecular formula is C27H35F2N5O2. The molecule has 1 aromatic carbocycles. The molecule has 0 bridgehead atoms. The van der Waals surface area contributed by atoms with E-state index in [1.807, 2.05) is 40.8 Å². The van der Waals surface area contributed by atoms with Crippen molar-refractivity contribution in [1.82, 2.24) is 20.1 Å². The summed E-state index contributed by atoms with van der Waals surface area (Å²) in [6.07, 6.45) is 1.30. The van der Waals surface area contributed by atoms with Crippen molar-refractivity contribution >= 4 is 5.82 Å². The summed E-state index contributed by atoms with van der Waals surface area (Å²) < 4.78 is 36.8. The lowest BCUT2D eigenvalue weighted by Gasteiger charge is -2.28. The van der Waals surface area contributed by atoms with Crippen molar-refractivity contribution in [2.24, 2.45) is 12.5 Å². The van der Waals surface area contributed by atoms with Crippen LogP contribution in [0.3, 0.4) is 0 Å². The van der Waals surface area contributed by atoms with Gasteiger partial charge < -0.3 is 20.1 Å².